The number of aromatic nitrogens is 1. The summed E-state index contributed by atoms with van der Waals surface area (Å²) < 4.78 is 2.22. The summed E-state index contributed by atoms with van der Waals surface area (Å²) in [5, 5.41) is 0. The van der Waals surface area contributed by atoms with Gasteiger partial charge in [0.25, 0.3) is 0 Å². The van der Waals surface area contributed by atoms with E-state index in [1.165, 1.54) is 154 Å². The molecule has 0 unspecified atom stereocenters. The zero-order valence-electron chi connectivity index (χ0n) is 26.4. The number of aryl methyl sites for hydroxylation is 2. The van der Waals surface area contributed by atoms with E-state index in [0.717, 1.165) is 29.8 Å². The normalized spacial score (nSPS) is 11.5. The van der Waals surface area contributed by atoms with E-state index in [4.69, 9.17) is 0 Å². The molecule has 1 aromatic heterocycles. The fraction of sp³-hybridized carbons (Fsp3) is 0.861. The van der Waals surface area contributed by atoms with Crippen molar-refractivity contribution in [3.8, 4) is 0 Å². The maximum absolute atomic E-state index is 12.9. The highest BCUT2D eigenvalue weighted by Crippen LogP contribution is 2.21. The second-order valence-corrected chi connectivity index (χ2v) is 12.2. The lowest BCUT2D eigenvalue weighted by molar-refractivity contribution is 0.0978. The molecule has 1 aromatic rings. The van der Waals surface area contributed by atoms with Gasteiger partial charge in [-0.15, -0.1) is 0 Å². The highest BCUT2D eigenvalue weighted by atomic mass is 16.1. The van der Waals surface area contributed by atoms with Crippen LogP contribution < -0.4 is 0 Å². The van der Waals surface area contributed by atoms with Gasteiger partial charge in [-0.2, -0.15) is 0 Å². The third-order valence-corrected chi connectivity index (χ3v) is 8.47. The number of nitrogens with zero attached hydrogens (tertiary/aromatic N) is 1. The number of ketones is 1. The molecule has 0 amide bonds. The van der Waals surface area contributed by atoms with Crippen LogP contribution in [0.25, 0.3) is 0 Å². The molecule has 1 radical (unpaired) electrons. The quantitative estimate of drug-likeness (QED) is 0.0782. The van der Waals surface area contributed by atoms with Crippen LogP contribution in [0.5, 0.6) is 0 Å². The lowest BCUT2D eigenvalue weighted by Gasteiger charge is -2.08. The van der Waals surface area contributed by atoms with Crippen LogP contribution in [0.3, 0.4) is 0 Å². The van der Waals surface area contributed by atoms with Crippen molar-refractivity contribution < 1.29 is 4.79 Å². The number of Topliss-reactive ketones (excluding diaryl/α,β-unsaturated/α-hetero) is 1. The van der Waals surface area contributed by atoms with Crippen LogP contribution in [0.4, 0.5) is 0 Å². The highest BCUT2D eigenvalue weighted by Gasteiger charge is 2.16. The molecule has 2 nitrogen and oxygen atoms in total. The molecule has 0 aliphatic rings. The molecule has 221 valence electrons. The highest BCUT2D eigenvalue weighted by molar-refractivity contribution is 5.98. The van der Waals surface area contributed by atoms with Crippen LogP contribution in [0.1, 0.15) is 202 Å². The smallest absolute Gasteiger partial charge is 0.164 e. The van der Waals surface area contributed by atoms with Crippen molar-refractivity contribution in [1.29, 1.82) is 0 Å². The Morgan fingerprint density at radius 3 is 1.26 bits per heavy atom. The van der Waals surface area contributed by atoms with Crippen LogP contribution in [-0.4, -0.2) is 10.4 Å². The van der Waals surface area contributed by atoms with Crippen molar-refractivity contribution in [3.63, 3.8) is 0 Å². The van der Waals surface area contributed by atoms with E-state index in [1.54, 1.807) is 0 Å². The van der Waals surface area contributed by atoms with Crippen LogP contribution in [-0.2, 0) is 6.54 Å². The maximum atomic E-state index is 12.9. The van der Waals surface area contributed by atoms with E-state index in [9.17, 15) is 4.79 Å². The minimum atomic E-state index is 0.341. The van der Waals surface area contributed by atoms with E-state index in [-0.39, 0.29) is 0 Å². The Morgan fingerprint density at radius 1 is 0.526 bits per heavy atom. The molecule has 38 heavy (non-hydrogen) atoms. The second kappa shape index (κ2) is 25.0. The molecule has 0 saturated carbocycles. The zero-order chi connectivity index (χ0) is 27.7. The van der Waals surface area contributed by atoms with Gasteiger partial charge in [0, 0.05) is 24.2 Å². The first kappa shape index (κ1) is 35.0. The standard InChI is InChI=1S/C36H66NO/c1-5-7-9-11-13-15-17-18-19-20-21-22-24-26-28-30-35(38)36-33(3)32-37(34(36)4)31-29-27-25-23-16-14-12-10-8-6-2/h5-31H2,1-4H3. The summed E-state index contributed by atoms with van der Waals surface area (Å²) in [6, 6.07) is 0. The van der Waals surface area contributed by atoms with E-state index < -0.39 is 0 Å². The molecule has 0 aliphatic heterocycles. The summed E-state index contributed by atoms with van der Waals surface area (Å²) in [5.41, 5.74) is 3.16. The van der Waals surface area contributed by atoms with Gasteiger partial charge in [-0.1, -0.05) is 162 Å². The van der Waals surface area contributed by atoms with Crippen molar-refractivity contribution in [3.05, 3.63) is 23.0 Å². The van der Waals surface area contributed by atoms with E-state index in [2.05, 4.69) is 38.5 Å². The van der Waals surface area contributed by atoms with Gasteiger partial charge < -0.3 is 4.57 Å². The molecule has 0 aromatic carbocycles. The molecule has 0 fully saturated rings. The summed E-state index contributed by atoms with van der Waals surface area (Å²) in [7, 11) is 0. The Balaban J connectivity index is 2.05. The topological polar surface area (TPSA) is 22.0 Å². The molecule has 1 rings (SSSR count). The summed E-state index contributed by atoms with van der Waals surface area (Å²) >= 11 is 0. The summed E-state index contributed by atoms with van der Waals surface area (Å²) in [5.74, 6) is 0.341. The third-order valence-electron chi connectivity index (χ3n) is 8.47. The van der Waals surface area contributed by atoms with Gasteiger partial charge in [-0.25, -0.2) is 0 Å². The molecular formula is C36H66NO. The van der Waals surface area contributed by atoms with Crippen LogP contribution in [0.15, 0.2) is 0 Å². The lowest BCUT2D eigenvalue weighted by Crippen LogP contribution is -2.05. The van der Waals surface area contributed by atoms with Gasteiger partial charge in [0.05, 0.1) is 6.20 Å². The third kappa shape index (κ3) is 17.5. The number of carbonyl (C=O) groups excluding carboxylic acids is 1. The van der Waals surface area contributed by atoms with Gasteiger partial charge in [-0.05, 0) is 32.3 Å². The first-order chi connectivity index (χ1) is 18.6. The van der Waals surface area contributed by atoms with Crippen molar-refractivity contribution in [2.24, 2.45) is 0 Å². The molecule has 0 atom stereocenters. The van der Waals surface area contributed by atoms with Gasteiger partial charge in [-0.3, -0.25) is 4.79 Å². The van der Waals surface area contributed by atoms with Crippen molar-refractivity contribution >= 4 is 5.78 Å². The summed E-state index contributed by atoms with van der Waals surface area (Å²) in [4.78, 5) is 12.9. The Labute approximate surface area is 239 Å². The molecule has 0 saturated heterocycles. The van der Waals surface area contributed by atoms with Crippen LogP contribution in [0, 0.1) is 20.0 Å². The number of carbonyl (C=O) groups is 1. The average Bonchev–Trinajstić information content (AvgIpc) is 3.19. The van der Waals surface area contributed by atoms with Gasteiger partial charge in [0.1, 0.15) is 0 Å². The average molecular weight is 529 g/mol. The van der Waals surface area contributed by atoms with Crippen LogP contribution in [0.2, 0.25) is 0 Å². The van der Waals surface area contributed by atoms with Gasteiger partial charge in [0.2, 0.25) is 0 Å². The summed E-state index contributed by atoms with van der Waals surface area (Å²) in [6.45, 7) is 9.78. The minimum absolute atomic E-state index is 0.341. The molecule has 2 heteroatoms. The molecule has 0 N–H and O–H groups in total. The molecule has 0 aliphatic carbocycles. The SMILES string of the molecule is CCCCCCCCCCCCCCCCCC(=O)c1c(C)[c]n(CCCCCCCCCCCC)c1C. The zero-order valence-corrected chi connectivity index (χ0v) is 26.4. The van der Waals surface area contributed by atoms with Crippen molar-refractivity contribution in [1.82, 2.24) is 4.57 Å². The number of rotatable bonds is 28. The maximum Gasteiger partial charge on any atom is 0.164 e. The second-order valence-electron chi connectivity index (χ2n) is 12.2. The van der Waals surface area contributed by atoms with E-state index >= 15 is 0 Å². The first-order valence-electron chi connectivity index (χ1n) is 17.2. The van der Waals surface area contributed by atoms with E-state index in [0.29, 0.717) is 12.2 Å². The lowest BCUT2D eigenvalue weighted by atomic mass is 10.0. The van der Waals surface area contributed by atoms with Crippen LogP contribution >= 0.6 is 0 Å². The Bertz CT molecular complexity index is 673. The number of hydrogen-bond acceptors (Lipinski definition) is 1. The molecular weight excluding hydrogens is 462 g/mol. The fourth-order valence-corrected chi connectivity index (χ4v) is 5.92. The first-order valence-corrected chi connectivity index (χ1v) is 17.2. The largest absolute Gasteiger partial charge is 0.343 e. The molecule has 1 heterocycles. The Morgan fingerprint density at radius 2 is 0.868 bits per heavy atom. The fourth-order valence-electron chi connectivity index (χ4n) is 5.92. The Kier molecular flexibility index (Phi) is 23.0. The Hall–Kier alpha value is -1.05. The minimum Gasteiger partial charge on any atom is -0.343 e. The monoisotopic (exact) mass is 529 g/mol. The molecule has 0 bridgehead atoms. The summed E-state index contributed by atoms with van der Waals surface area (Å²) in [6.07, 6.45) is 38.2. The van der Waals surface area contributed by atoms with E-state index in [1.807, 2.05) is 0 Å². The number of unbranched alkanes of at least 4 members (excludes halogenated alkanes) is 23. The van der Waals surface area contributed by atoms with Gasteiger partial charge in [0.15, 0.2) is 5.78 Å². The number of hydrogen-bond donors (Lipinski definition) is 0. The van der Waals surface area contributed by atoms with Gasteiger partial charge >= 0.3 is 0 Å². The van der Waals surface area contributed by atoms with Crippen molar-refractivity contribution in [2.45, 2.75) is 201 Å². The van der Waals surface area contributed by atoms with Crippen molar-refractivity contribution in [2.75, 3.05) is 0 Å². The predicted molar refractivity (Wildman–Crippen MR) is 168 cm³/mol. The molecule has 0 spiro atoms. The predicted octanol–water partition coefficient (Wildman–Crippen LogP) is 12.3.